The molecule has 1 saturated heterocycles. The van der Waals surface area contributed by atoms with E-state index in [0.29, 0.717) is 41.6 Å². The van der Waals surface area contributed by atoms with Gasteiger partial charge >= 0.3 is 0 Å². The Labute approximate surface area is 151 Å². The third-order valence-electron chi connectivity index (χ3n) is 5.71. The van der Waals surface area contributed by atoms with Gasteiger partial charge in [-0.15, -0.1) is 0 Å². The number of hydrogen-bond donors (Lipinski definition) is 1. The lowest BCUT2D eigenvalue weighted by Crippen LogP contribution is -2.34. The molecule has 0 spiro atoms. The molecule has 3 atom stereocenters. The highest BCUT2D eigenvalue weighted by atomic mass is 19.1. The van der Waals surface area contributed by atoms with E-state index < -0.39 is 5.82 Å². The van der Waals surface area contributed by atoms with Gasteiger partial charge in [0.25, 0.3) is 5.91 Å². The fourth-order valence-corrected chi connectivity index (χ4v) is 4.27. The summed E-state index contributed by atoms with van der Waals surface area (Å²) in [6, 6.07) is 12.4. The van der Waals surface area contributed by atoms with Gasteiger partial charge in [0, 0.05) is 30.3 Å². The number of rotatable bonds is 3. The first-order chi connectivity index (χ1) is 12.5. The zero-order valence-corrected chi connectivity index (χ0v) is 14.4. The molecule has 134 valence electrons. The van der Waals surface area contributed by atoms with E-state index in [-0.39, 0.29) is 17.7 Å². The fourth-order valence-electron chi connectivity index (χ4n) is 4.27. The van der Waals surface area contributed by atoms with Crippen LogP contribution in [0.25, 0.3) is 0 Å². The molecule has 5 heteroatoms. The molecule has 4 rings (SSSR count). The summed E-state index contributed by atoms with van der Waals surface area (Å²) in [5.74, 6) is 0.0291. The van der Waals surface area contributed by atoms with Gasteiger partial charge in [-0.1, -0.05) is 18.2 Å². The van der Waals surface area contributed by atoms with E-state index in [1.165, 1.54) is 24.3 Å². The predicted molar refractivity (Wildman–Crippen MR) is 96.4 cm³/mol. The van der Waals surface area contributed by atoms with Crippen LogP contribution in [0.2, 0.25) is 0 Å². The second kappa shape index (κ2) is 6.65. The summed E-state index contributed by atoms with van der Waals surface area (Å²) in [6.45, 7) is 1.36. The number of carbonyl (C=O) groups excluding carboxylic acids is 2. The van der Waals surface area contributed by atoms with Crippen molar-refractivity contribution >= 4 is 11.7 Å². The molecule has 1 amide bonds. The Kier molecular flexibility index (Phi) is 4.32. The summed E-state index contributed by atoms with van der Waals surface area (Å²) < 4.78 is 13.1. The minimum absolute atomic E-state index is 0.127. The molecule has 1 aliphatic heterocycles. The number of nitrogens with zero attached hydrogens (tertiary/aromatic N) is 1. The zero-order chi connectivity index (χ0) is 18.3. The maximum atomic E-state index is 13.1. The lowest BCUT2D eigenvalue weighted by atomic mass is 9.97. The molecule has 26 heavy (non-hydrogen) atoms. The molecule has 3 unspecified atom stereocenters. The zero-order valence-electron chi connectivity index (χ0n) is 14.4. The molecular formula is C21H21FN2O2. The minimum Gasteiger partial charge on any atom is -0.338 e. The third-order valence-corrected chi connectivity index (χ3v) is 5.71. The van der Waals surface area contributed by atoms with Crippen LogP contribution < -0.4 is 5.73 Å². The number of likely N-dealkylation sites (tertiary alicyclic amines) is 1. The molecule has 2 aromatic rings. The topological polar surface area (TPSA) is 63.4 Å². The van der Waals surface area contributed by atoms with Crippen molar-refractivity contribution < 1.29 is 14.0 Å². The summed E-state index contributed by atoms with van der Waals surface area (Å²) in [5.41, 5.74) is 7.28. The van der Waals surface area contributed by atoms with Crippen molar-refractivity contribution in [3.8, 4) is 0 Å². The van der Waals surface area contributed by atoms with E-state index >= 15 is 0 Å². The third kappa shape index (κ3) is 2.92. The van der Waals surface area contributed by atoms with Crippen LogP contribution in [0.15, 0.2) is 48.5 Å². The standard InChI is InChI=1S/C21H21FN2O2/c22-15-8-5-13(6-9-15)20(25)16-3-1-2-4-17(16)21(26)24-11-14-7-10-19(23)18(14)12-24/h1-6,8-9,14,18-19H,7,10-12,23H2. The van der Waals surface area contributed by atoms with Gasteiger partial charge in [-0.3, -0.25) is 9.59 Å². The molecule has 1 aliphatic carbocycles. The summed E-state index contributed by atoms with van der Waals surface area (Å²) >= 11 is 0. The number of nitrogens with two attached hydrogens (primary N) is 1. The quantitative estimate of drug-likeness (QED) is 0.864. The van der Waals surface area contributed by atoms with Crippen LogP contribution in [-0.4, -0.2) is 35.7 Å². The second-order valence-corrected chi connectivity index (χ2v) is 7.26. The van der Waals surface area contributed by atoms with Crippen molar-refractivity contribution in [3.63, 3.8) is 0 Å². The number of hydrogen-bond acceptors (Lipinski definition) is 3. The van der Waals surface area contributed by atoms with Gasteiger partial charge < -0.3 is 10.6 Å². The molecule has 1 heterocycles. The highest BCUT2D eigenvalue weighted by Gasteiger charge is 2.42. The number of amides is 1. The van der Waals surface area contributed by atoms with Crippen LogP contribution in [0.4, 0.5) is 4.39 Å². The number of halogens is 1. The molecule has 2 aliphatic rings. The first kappa shape index (κ1) is 16.9. The maximum absolute atomic E-state index is 13.1. The summed E-state index contributed by atoms with van der Waals surface area (Å²) in [5, 5.41) is 0. The monoisotopic (exact) mass is 352 g/mol. The van der Waals surface area contributed by atoms with Crippen LogP contribution in [0.5, 0.6) is 0 Å². The van der Waals surface area contributed by atoms with E-state index in [4.69, 9.17) is 5.73 Å². The van der Waals surface area contributed by atoms with Crippen molar-refractivity contribution in [2.45, 2.75) is 18.9 Å². The van der Waals surface area contributed by atoms with Crippen LogP contribution in [0.1, 0.15) is 39.1 Å². The Balaban J connectivity index is 1.61. The molecule has 0 bridgehead atoms. The predicted octanol–water partition coefficient (Wildman–Crippen LogP) is 2.87. The van der Waals surface area contributed by atoms with Gasteiger partial charge in [-0.25, -0.2) is 4.39 Å². The number of benzene rings is 2. The summed E-state index contributed by atoms with van der Waals surface area (Å²) in [7, 11) is 0. The minimum atomic E-state index is -0.397. The smallest absolute Gasteiger partial charge is 0.254 e. The average molecular weight is 352 g/mol. The number of fused-ring (bicyclic) bond motifs is 1. The molecule has 0 radical (unpaired) electrons. The van der Waals surface area contributed by atoms with Crippen LogP contribution in [0, 0.1) is 17.7 Å². The van der Waals surface area contributed by atoms with Crippen molar-refractivity contribution in [2.75, 3.05) is 13.1 Å². The Morgan fingerprint density at radius 2 is 1.65 bits per heavy atom. The number of ketones is 1. The summed E-state index contributed by atoms with van der Waals surface area (Å²) in [4.78, 5) is 27.7. The van der Waals surface area contributed by atoms with Gasteiger partial charge in [0.15, 0.2) is 5.78 Å². The van der Waals surface area contributed by atoms with Gasteiger partial charge in [0.2, 0.25) is 0 Å². The van der Waals surface area contributed by atoms with E-state index in [0.717, 1.165) is 12.8 Å². The van der Waals surface area contributed by atoms with Crippen LogP contribution >= 0.6 is 0 Å². The Hall–Kier alpha value is -2.53. The first-order valence-electron chi connectivity index (χ1n) is 8.99. The molecule has 2 fully saturated rings. The van der Waals surface area contributed by atoms with Gasteiger partial charge in [-0.05, 0) is 55.0 Å². The van der Waals surface area contributed by atoms with Crippen molar-refractivity contribution in [1.82, 2.24) is 4.90 Å². The fraction of sp³-hybridized carbons (Fsp3) is 0.333. The SMILES string of the molecule is NC1CCC2CN(C(=O)c3ccccc3C(=O)c3ccc(F)cc3)CC12. The Morgan fingerprint density at radius 3 is 2.35 bits per heavy atom. The second-order valence-electron chi connectivity index (χ2n) is 7.26. The first-order valence-corrected chi connectivity index (χ1v) is 8.99. The lowest BCUT2D eigenvalue weighted by molar-refractivity contribution is 0.0775. The van der Waals surface area contributed by atoms with Crippen molar-refractivity contribution in [1.29, 1.82) is 0 Å². The van der Waals surface area contributed by atoms with Crippen molar-refractivity contribution in [3.05, 3.63) is 71.0 Å². The largest absolute Gasteiger partial charge is 0.338 e. The van der Waals surface area contributed by atoms with E-state index in [1.54, 1.807) is 24.3 Å². The molecular weight excluding hydrogens is 331 g/mol. The van der Waals surface area contributed by atoms with E-state index in [9.17, 15) is 14.0 Å². The summed E-state index contributed by atoms with van der Waals surface area (Å²) in [6.07, 6.45) is 2.09. The highest BCUT2D eigenvalue weighted by Crippen LogP contribution is 2.37. The maximum Gasteiger partial charge on any atom is 0.254 e. The van der Waals surface area contributed by atoms with Gasteiger partial charge in [0.1, 0.15) is 5.82 Å². The van der Waals surface area contributed by atoms with Crippen molar-refractivity contribution in [2.24, 2.45) is 17.6 Å². The van der Waals surface area contributed by atoms with Crippen LogP contribution in [0.3, 0.4) is 0 Å². The highest BCUT2D eigenvalue weighted by molar-refractivity contribution is 6.15. The van der Waals surface area contributed by atoms with Gasteiger partial charge in [0.05, 0.1) is 5.56 Å². The Bertz CT molecular complexity index is 849. The molecule has 4 nitrogen and oxygen atoms in total. The average Bonchev–Trinajstić information content (AvgIpc) is 3.23. The van der Waals surface area contributed by atoms with E-state index in [2.05, 4.69) is 0 Å². The number of carbonyl (C=O) groups is 2. The molecule has 2 aromatic carbocycles. The normalized spacial score (nSPS) is 24.5. The lowest BCUT2D eigenvalue weighted by Gasteiger charge is -2.20. The van der Waals surface area contributed by atoms with Gasteiger partial charge in [-0.2, -0.15) is 0 Å². The van der Waals surface area contributed by atoms with E-state index in [1.807, 2.05) is 4.90 Å². The molecule has 1 saturated carbocycles. The molecule has 0 aromatic heterocycles. The Morgan fingerprint density at radius 1 is 0.962 bits per heavy atom. The van der Waals surface area contributed by atoms with Crippen LogP contribution in [-0.2, 0) is 0 Å². The molecule has 2 N–H and O–H groups in total.